The lowest BCUT2D eigenvalue weighted by molar-refractivity contribution is 0.157. The van der Waals surface area contributed by atoms with Crippen molar-refractivity contribution in [3.8, 4) is 0 Å². The fraction of sp³-hybridized carbons (Fsp3) is 1.00. The summed E-state index contributed by atoms with van der Waals surface area (Å²) >= 11 is 0. The molecule has 0 bridgehead atoms. The Morgan fingerprint density at radius 3 is 2.37 bits per heavy atom. The summed E-state index contributed by atoms with van der Waals surface area (Å²) in [5.41, 5.74) is 5.55. The summed E-state index contributed by atoms with van der Waals surface area (Å²) in [4.78, 5) is 2.54. The molecule has 3 nitrogen and oxygen atoms in total. The molecule has 19 heavy (non-hydrogen) atoms. The zero-order valence-corrected chi connectivity index (χ0v) is 13.2. The van der Waals surface area contributed by atoms with Gasteiger partial charge in [-0.05, 0) is 65.0 Å². The molecule has 1 saturated carbocycles. The van der Waals surface area contributed by atoms with Crippen molar-refractivity contribution in [2.75, 3.05) is 20.2 Å². The van der Waals surface area contributed by atoms with Crippen LogP contribution in [0.5, 0.6) is 0 Å². The Bertz CT molecular complexity index is 235. The van der Waals surface area contributed by atoms with E-state index in [-0.39, 0.29) is 6.61 Å². The molecule has 1 fully saturated rings. The second kappa shape index (κ2) is 8.23. The molecule has 0 heterocycles. The fourth-order valence-electron chi connectivity index (χ4n) is 3.15. The maximum atomic E-state index is 9.12. The van der Waals surface area contributed by atoms with Crippen LogP contribution < -0.4 is 5.73 Å². The zero-order valence-electron chi connectivity index (χ0n) is 13.2. The molecule has 0 aromatic heterocycles. The van der Waals surface area contributed by atoms with Crippen LogP contribution in [0, 0.1) is 5.92 Å². The van der Waals surface area contributed by atoms with Crippen molar-refractivity contribution in [2.45, 2.75) is 76.8 Å². The number of hydrogen-bond acceptors (Lipinski definition) is 3. The van der Waals surface area contributed by atoms with Crippen molar-refractivity contribution in [1.29, 1.82) is 0 Å². The highest BCUT2D eigenvalue weighted by molar-refractivity contribution is 4.79. The van der Waals surface area contributed by atoms with Crippen LogP contribution in [0.1, 0.15) is 65.2 Å². The first-order chi connectivity index (χ1) is 8.98. The van der Waals surface area contributed by atoms with Gasteiger partial charge in [-0.25, -0.2) is 0 Å². The molecule has 3 N–H and O–H groups in total. The number of nitrogens with two attached hydrogens (primary N) is 1. The standard InChI is InChI=1S/C16H34N2O/c1-4-14-7-9-15(10-8-14)18(3)12-6-5-11-16(2,17)13-19/h14-15,19H,4-13,17H2,1-3H3. The topological polar surface area (TPSA) is 49.5 Å². The molecule has 0 radical (unpaired) electrons. The summed E-state index contributed by atoms with van der Waals surface area (Å²) in [6.45, 7) is 5.51. The van der Waals surface area contributed by atoms with E-state index >= 15 is 0 Å². The number of hydrogen-bond donors (Lipinski definition) is 2. The maximum absolute atomic E-state index is 9.12. The molecule has 1 aliphatic rings. The summed E-state index contributed by atoms with van der Waals surface area (Å²) in [5, 5.41) is 9.12. The number of aliphatic hydroxyl groups excluding tert-OH is 1. The minimum absolute atomic E-state index is 0.0872. The molecule has 1 rings (SSSR count). The highest BCUT2D eigenvalue weighted by Gasteiger charge is 2.23. The Kier molecular flexibility index (Phi) is 7.33. The van der Waals surface area contributed by atoms with Crippen LogP contribution in [-0.4, -0.2) is 41.8 Å². The molecule has 0 saturated heterocycles. The molecule has 0 aromatic rings. The minimum Gasteiger partial charge on any atom is -0.394 e. The molecule has 114 valence electrons. The van der Waals surface area contributed by atoms with E-state index in [9.17, 15) is 0 Å². The monoisotopic (exact) mass is 270 g/mol. The third kappa shape index (κ3) is 6.24. The Morgan fingerprint density at radius 2 is 1.84 bits per heavy atom. The first-order valence-corrected chi connectivity index (χ1v) is 8.08. The summed E-state index contributed by atoms with van der Waals surface area (Å²) in [7, 11) is 2.27. The summed E-state index contributed by atoms with van der Waals surface area (Å²) in [5.74, 6) is 0.979. The maximum Gasteiger partial charge on any atom is 0.0608 e. The van der Waals surface area contributed by atoms with Gasteiger partial charge < -0.3 is 15.7 Å². The summed E-state index contributed by atoms with van der Waals surface area (Å²) in [6.07, 6.45) is 10.2. The lowest BCUT2D eigenvalue weighted by atomic mass is 9.84. The third-order valence-corrected chi connectivity index (χ3v) is 4.89. The predicted molar refractivity (Wildman–Crippen MR) is 82.2 cm³/mol. The van der Waals surface area contributed by atoms with Crippen molar-refractivity contribution in [2.24, 2.45) is 11.7 Å². The number of nitrogens with zero attached hydrogens (tertiary/aromatic N) is 1. The van der Waals surface area contributed by atoms with E-state index in [1.54, 1.807) is 0 Å². The Balaban J connectivity index is 2.13. The van der Waals surface area contributed by atoms with Gasteiger partial charge in [-0.15, -0.1) is 0 Å². The van der Waals surface area contributed by atoms with Gasteiger partial charge in [0.25, 0.3) is 0 Å². The van der Waals surface area contributed by atoms with Crippen molar-refractivity contribution in [3.05, 3.63) is 0 Å². The highest BCUT2D eigenvalue weighted by Crippen LogP contribution is 2.29. The van der Waals surface area contributed by atoms with Crippen molar-refractivity contribution in [1.82, 2.24) is 4.90 Å². The van der Waals surface area contributed by atoms with Gasteiger partial charge in [0.15, 0.2) is 0 Å². The normalized spacial score (nSPS) is 27.5. The average Bonchev–Trinajstić information content (AvgIpc) is 2.43. The van der Waals surface area contributed by atoms with Gasteiger partial charge >= 0.3 is 0 Å². The van der Waals surface area contributed by atoms with Crippen molar-refractivity contribution in [3.63, 3.8) is 0 Å². The van der Waals surface area contributed by atoms with Gasteiger partial charge in [0.2, 0.25) is 0 Å². The number of rotatable bonds is 8. The van der Waals surface area contributed by atoms with E-state index in [2.05, 4.69) is 18.9 Å². The van der Waals surface area contributed by atoms with Crippen LogP contribution in [-0.2, 0) is 0 Å². The molecule has 1 unspecified atom stereocenters. The van der Waals surface area contributed by atoms with Gasteiger partial charge in [-0.3, -0.25) is 0 Å². The van der Waals surface area contributed by atoms with E-state index in [1.807, 2.05) is 6.92 Å². The quantitative estimate of drug-likeness (QED) is 0.667. The molecule has 1 atom stereocenters. The van der Waals surface area contributed by atoms with Crippen LogP contribution in [0.25, 0.3) is 0 Å². The van der Waals surface area contributed by atoms with Gasteiger partial charge in [0, 0.05) is 11.6 Å². The van der Waals surface area contributed by atoms with Gasteiger partial charge in [0.05, 0.1) is 6.61 Å². The Labute approximate surface area is 119 Å². The summed E-state index contributed by atoms with van der Waals surface area (Å²) < 4.78 is 0. The van der Waals surface area contributed by atoms with Crippen LogP contribution >= 0.6 is 0 Å². The van der Waals surface area contributed by atoms with Crippen molar-refractivity contribution < 1.29 is 5.11 Å². The second-order valence-corrected chi connectivity index (χ2v) is 6.83. The molecule has 0 aliphatic heterocycles. The summed E-state index contributed by atoms with van der Waals surface area (Å²) in [6, 6.07) is 0.796. The second-order valence-electron chi connectivity index (χ2n) is 6.83. The molecular weight excluding hydrogens is 236 g/mol. The Morgan fingerprint density at radius 1 is 1.21 bits per heavy atom. The largest absolute Gasteiger partial charge is 0.394 e. The van der Waals surface area contributed by atoms with Gasteiger partial charge in [0.1, 0.15) is 0 Å². The van der Waals surface area contributed by atoms with Gasteiger partial charge in [-0.2, -0.15) is 0 Å². The predicted octanol–water partition coefficient (Wildman–Crippen LogP) is 2.77. The Hall–Kier alpha value is -0.120. The van der Waals surface area contributed by atoms with Gasteiger partial charge in [-0.1, -0.05) is 19.8 Å². The average molecular weight is 270 g/mol. The van der Waals surface area contributed by atoms with E-state index in [0.717, 1.165) is 24.8 Å². The minimum atomic E-state index is -0.391. The lowest BCUT2D eigenvalue weighted by Gasteiger charge is -2.34. The van der Waals surface area contributed by atoms with Crippen LogP contribution in [0.3, 0.4) is 0 Å². The molecule has 1 aliphatic carbocycles. The molecule has 3 heteroatoms. The first kappa shape index (κ1) is 16.9. The van der Waals surface area contributed by atoms with E-state index in [0.29, 0.717) is 0 Å². The molecule has 0 spiro atoms. The first-order valence-electron chi connectivity index (χ1n) is 8.08. The van der Waals surface area contributed by atoms with Crippen LogP contribution in [0.4, 0.5) is 0 Å². The van der Waals surface area contributed by atoms with Crippen molar-refractivity contribution >= 4 is 0 Å². The van der Waals surface area contributed by atoms with E-state index in [1.165, 1.54) is 45.1 Å². The molecular formula is C16H34N2O. The number of aliphatic hydroxyl groups is 1. The smallest absolute Gasteiger partial charge is 0.0608 e. The lowest BCUT2D eigenvalue weighted by Crippen LogP contribution is -2.40. The number of unbranched alkanes of at least 4 members (excludes halogenated alkanes) is 1. The highest BCUT2D eigenvalue weighted by atomic mass is 16.3. The zero-order chi connectivity index (χ0) is 14.3. The van der Waals surface area contributed by atoms with E-state index in [4.69, 9.17) is 10.8 Å². The van der Waals surface area contributed by atoms with E-state index < -0.39 is 5.54 Å². The van der Waals surface area contributed by atoms with Crippen LogP contribution in [0.2, 0.25) is 0 Å². The van der Waals surface area contributed by atoms with Crippen LogP contribution in [0.15, 0.2) is 0 Å². The molecule has 0 aromatic carbocycles. The molecule has 0 amide bonds. The SMILES string of the molecule is CCC1CCC(N(C)CCCCC(C)(N)CO)CC1. The third-order valence-electron chi connectivity index (χ3n) is 4.89. The fourth-order valence-corrected chi connectivity index (χ4v) is 3.15.